The van der Waals surface area contributed by atoms with Gasteiger partial charge in [-0.15, -0.1) is 0 Å². The average Bonchev–Trinajstić information content (AvgIpc) is 3.35. The Morgan fingerprint density at radius 2 is 2.12 bits per heavy atom. The molecule has 1 aromatic heterocycles. The number of hydrogen-bond donors (Lipinski definition) is 1. The van der Waals surface area contributed by atoms with Crippen molar-refractivity contribution in [2.24, 2.45) is 0 Å². The highest BCUT2D eigenvalue weighted by atomic mass is 32.1. The van der Waals surface area contributed by atoms with Gasteiger partial charge in [-0.05, 0) is 41.8 Å². The number of amides is 1. The van der Waals surface area contributed by atoms with E-state index in [0.29, 0.717) is 42.7 Å². The molecule has 4 rings (SSSR count). The van der Waals surface area contributed by atoms with Crippen LogP contribution in [0.25, 0.3) is 11.1 Å². The van der Waals surface area contributed by atoms with E-state index in [1.54, 1.807) is 48.3 Å². The van der Waals surface area contributed by atoms with Crippen molar-refractivity contribution in [2.75, 3.05) is 26.7 Å². The monoisotopic (exact) mass is 490 g/mol. The predicted molar refractivity (Wildman–Crippen MR) is 134 cm³/mol. The molecule has 1 amide bonds. The van der Waals surface area contributed by atoms with Crippen molar-refractivity contribution in [2.45, 2.75) is 25.1 Å². The van der Waals surface area contributed by atoms with Crippen LogP contribution in [0.4, 0.5) is 4.39 Å². The highest BCUT2D eigenvalue weighted by Crippen LogP contribution is 2.25. The van der Waals surface area contributed by atoms with Crippen molar-refractivity contribution >= 4 is 44.0 Å². The molecule has 0 bridgehead atoms. The first-order valence-corrected chi connectivity index (χ1v) is 10.2. The number of alkyl halides is 1. The number of nitriles is 1. The van der Waals surface area contributed by atoms with E-state index in [1.807, 2.05) is 11.0 Å². The number of aromatic nitrogens is 1. The maximum atomic E-state index is 13.7. The van der Waals surface area contributed by atoms with Gasteiger partial charge in [0.25, 0.3) is 0 Å². The number of H-pyrrole nitrogens is 1. The van der Waals surface area contributed by atoms with Crippen molar-refractivity contribution in [1.29, 1.82) is 5.26 Å². The Kier molecular flexibility index (Phi) is 9.16. The fraction of sp³-hybridized carbons (Fsp3) is 0.348. The fourth-order valence-corrected chi connectivity index (χ4v) is 4.05. The average molecular weight is 491 g/mol. The maximum absolute atomic E-state index is 13.7. The molecule has 10 heteroatoms. The normalized spacial score (nSPS) is 16.5. The zero-order chi connectivity index (χ0) is 22.0. The third kappa shape index (κ3) is 6.19. The number of halogens is 1. The molecule has 1 aliphatic rings. The summed E-state index contributed by atoms with van der Waals surface area (Å²) < 4.78 is 18.7. The minimum atomic E-state index is -0.851. The lowest BCUT2D eigenvalue weighted by Crippen LogP contribution is -2.39. The van der Waals surface area contributed by atoms with Crippen LogP contribution in [0.2, 0.25) is 0 Å². The first-order chi connectivity index (χ1) is 14.9. The summed E-state index contributed by atoms with van der Waals surface area (Å²) in [6.07, 6.45) is -0.221. The van der Waals surface area contributed by atoms with E-state index >= 15 is 0 Å². The van der Waals surface area contributed by atoms with E-state index < -0.39 is 11.9 Å². The van der Waals surface area contributed by atoms with Gasteiger partial charge in [-0.2, -0.15) is 32.3 Å². The highest BCUT2D eigenvalue weighted by molar-refractivity contribution is 7.59. The van der Waals surface area contributed by atoms with Gasteiger partial charge < -0.3 is 9.32 Å². The van der Waals surface area contributed by atoms with Crippen LogP contribution in [0.15, 0.2) is 51.7 Å². The van der Waals surface area contributed by atoms with Crippen molar-refractivity contribution in [3.05, 3.63) is 69.7 Å². The minimum Gasteiger partial charge on any atom is -0.408 e. The van der Waals surface area contributed by atoms with Crippen LogP contribution < -0.4 is 5.76 Å². The number of nitrogens with zero attached hydrogens (tertiary/aromatic N) is 3. The summed E-state index contributed by atoms with van der Waals surface area (Å²) in [5.74, 6) is -0.654. The van der Waals surface area contributed by atoms with Crippen LogP contribution in [0.5, 0.6) is 0 Å². The van der Waals surface area contributed by atoms with Gasteiger partial charge in [0.15, 0.2) is 5.58 Å². The zero-order valence-electron chi connectivity index (χ0n) is 18.2. The molecule has 0 unspecified atom stereocenters. The fourth-order valence-electron chi connectivity index (χ4n) is 4.05. The number of oxazole rings is 1. The summed E-state index contributed by atoms with van der Waals surface area (Å²) in [5, 5.41) is 9.27. The van der Waals surface area contributed by atoms with Crippen LogP contribution >= 0.6 is 27.0 Å². The van der Waals surface area contributed by atoms with E-state index in [1.165, 1.54) is 0 Å². The third-order valence-corrected chi connectivity index (χ3v) is 5.75. The number of rotatable bonds is 6. The van der Waals surface area contributed by atoms with Gasteiger partial charge in [-0.3, -0.25) is 14.7 Å². The number of benzene rings is 2. The Labute approximate surface area is 205 Å². The minimum absolute atomic E-state index is 0. The first-order valence-electron chi connectivity index (χ1n) is 10.2. The lowest BCUT2D eigenvalue weighted by Gasteiger charge is -2.32. The molecule has 1 N–H and O–H groups in total. The van der Waals surface area contributed by atoms with Gasteiger partial charge in [-0.25, -0.2) is 9.18 Å². The molecular weight excluding hydrogens is 463 g/mol. The smallest absolute Gasteiger partial charge is 0.408 e. The van der Waals surface area contributed by atoms with Crippen molar-refractivity contribution < 1.29 is 13.6 Å². The number of aromatic amines is 1. The Morgan fingerprint density at radius 1 is 1.33 bits per heavy atom. The molecule has 1 fully saturated rings. The number of nitrogens with one attached hydrogen (secondary N) is 1. The number of likely N-dealkylation sites (tertiary alicyclic amines) is 1. The first kappa shape index (κ1) is 26.5. The number of likely N-dealkylation sites (N-methyl/N-ethyl adjacent to an activating group) is 1. The van der Waals surface area contributed by atoms with E-state index in [0.717, 1.165) is 11.1 Å². The number of carbonyl (C=O) groups excluding carboxylic acids is 1. The topological polar surface area (TPSA) is 93.3 Å². The molecule has 2 aromatic carbocycles. The Hall–Kier alpha value is -2.74. The summed E-state index contributed by atoms with van der Waals surface area (Å²) in [7, 11) is 1.73. The van der Waals surface area contributed by atoms with E-state index in [2.05, 4.69) is 11.1 Å². The number of hydrogen-bond acceptors (Lipinski definition) is 5. The summed E-state index contributed by atoms with van der Waals surface area (Å²) in [6.45, 7) is 1.48. The van der Waals surface area contributed by atoms with Crippen molar-refractivity contribution in [3.63, 3.8) is 0 Å². The van der Waals surface area contributed by atoms with Crippen LogP contribution in [0, 0.1) is 11.3 Å². The predicted octanol–water partition coefficient (Wildman–Crippen LogP) is 3.00. The summed E-state index contributed by atoms with van der Waals surface area (Å²) >= 11 is 0. The van der Waals surface area contributed by atoms with Gasteiger partial charge in [0.2, 0.25) is 5.91 Å². The molecular formula is C23H27FN4O3S2. The molecule has 0 radical (unpaired) electrons. The molecule has 176 valence electrons. The largest absolute Gasteiger partial charge is 0.417 e. The van der Waals surface area contributed by atoms with Crippen LogP contribution in [-0.4, -0.2) is 53.5 Å². The van der Waals surface area contributed by atoms with E-state index in [-0.39, 0.29) is 45.4 Å². The molecule has 0 saturated carbocycles. The Morgan fingerprint density at radius 3 is 2.82 bits per heavy atom. The summed E-state index contributed by atoms with van der Waals surface area (Å²) in [4.78, 5) is 30.8. The van der Waals surface area contributed by atoms with Crippen LogP contribution in [0.1, 0.15) is 29.2 Å². The lowest BCUT2D eigenvalue weighted by atomic mass is 10.0. The highest BCUT2D eigenvalue weighted by Gasteiger charge is 2.29. The van der Waals surface area contributed by atoms with Crippen LogP contribution in [0.3, 0.4) is 0 Å². The molecule has 1 saturated heterocycles. The van der Waals surface area contributed by atoms with E-state index in [9.17, 15) is 19.2 Å². The van der Waals surface area contributed by atoms with Crippen LogP contribution in [-0.2, 0) is 11.2 Å². The van der Waals surface area contributed by atoms with Crippen molar-refractivity contribution in [3.8, 4) is 6.07 Å². The SMILES string of the molecule is CN(C(=O)Cc1ccc2oc(=O)[nH]c2c1)[C@H](CN1CC[C@H](F)C1)c1cccc(C#N)c1.S.S. The van der Waals surface area contributed by atoms with Gasteiger partial charge >= 0.3 is 5.76 Å². The zero-order valence-corrected chi connectivity index (χ0v) is 20.2. The second-order valence-electron chi connectivity index (χ2n) is 7.93. The maximum Gasteiger partial charge on any atom is 0.417 e. The molecule has 2 atom stereocenters. The molecule has 3 aromatic rings. The quantitative estimate of drug-likeness (QED) is 0.573. The molecule has 0 spiro atoms. The van der Waals surface area contributed by atoms with Gasteiger partial charge in [0.1, 0.15) is 6.17 Å². The molecule has 1 aliphatic heterocycles. The molecule has 2 heterocycles. The summed E-state index contributed by atoms with van der Waals surface area (Å²) in [5.41, 5.74) is 3.09. The number of carbonyl (C=O) groups is 1. The molecule has 0 aliphatic carbocycles. The third-order valence-electron chi connectivity index (χ3n) is 5.75. The van der Waals surface area contributed by atoms with Gasteiger partial charge in [-0.1, -0.05) is 18.2 Å². The molecule has 33 heavy (non-hydrogen) atoms. The van der Waals surface area contributed by atoms with Gasteiger partial charge in [0.05, 0.1) is 29.6 Å². The molecule has 7 nitrogen and oxygen atoms in total. The summed E-state index contributed by atoms with van der Waals surface area (Å²) in [6, 6.07) is 14.1. The number of fused-ring (bicyclic) bond motifs is 1. The second-order valence-corrected chi connectivity index (χ2v) is 7.93. The standard InChI is InChI=1S/C23H23FN4O3.2H2S/c1-27(22(29)11-15-5-6-21-19(10-15)26-23(30)31-21)20(14-28-8-7-18(24)13-28)17-4-2-3-16(9-17)12-25;;/h2-6,9-10,18,20H,7-8,11,13-14H2,1H3,(H,26,30);2*1H2/t18-,20+;;/m0../s1. The Balaban J connectivity index is 0.00000193. The van der Waals surface area contributed by atoms with E-state index in [4.69, 9.17) is 4.42 Å². The second kappa shape index (κ2) is 11.4. The Bertz CT molecular complexity index is 1210. The van der Waals surface area contributed by atoms with Crippen molar-refractivity contribution in [1.82, 2.24) is 14.8 Å². The lowest BCUT2D eigenvalue weighted by molar-refractivity contribution is -0.131. The van der Waals surface area contributed by atoms with Gasteiger partial charge in [0, 0.05) is 26.7 Å².